The molecule has 27 heavy (non-hydrogen) atoms. The van der Waals surface area contributed by atoms with Crippen LogP contribution in [0.5, 0.6) is 5.75 Å². The summed E-state index contributed by atoms with van der Waals surface area (Å²) in [5, 5.41) is 14.0. The normalized spacial score (nSPS) is 19.8. The molecule has 1 heterocycles. The number of hydrazone groups is 1. The number of carbonyl (C=O) groups excluding carboxylic acids is 1. The average Bonchev–Trinajstić information content (AvgIpc) is 3.00. The Bertz CT molecular complexity index is 896. The number of nitrogens with zero attached hydrogens (tertiary/aromatic N) is 2. The second-order valence-electron chi connectivity index (χ2n) is 5.86. The van der Waals surface area contributed by atoms with Crippen LogP contribution in [-0.4, -0.2) is 40.7 Å². The van der Waals surface area contributed by atoms with Gasteiger partial charge >= 0.3 is 6.18 Å². The lowest BCUT2D eigenvalue weighted by atomic mass is 10.0. The summed E-state index contributed by atoms with van der Waals surface area (Å²) in [6, 6.07) is 10.2. The molecule has 3 rings (SSSR count). The minimum Gasteiger partial charge on any atom is -0.496 e. The van der Waals surface area contributed by atoms with Gasteiger partial charge in [-0.1, -0.05) is 24.3 Å². The molecule has 2 aromatic rings. The van der Waals surface area contributed by atoms with Crippen LogP contribution in [0.1, 0.15) is 22.3 Å². The smallest absolute Gasteiger partial charge is 0.438 e. The fourth-order valence-electron chi connectivity index (χ4n) is 2.72. The predicted octanol–water partition coefficient (Wildman–Crippen LogP) is 3.34. The summed E-state index contributed by atoms with van der Waals surface area (Å²) in [5.41, 5.74) is -3.76. The highest BCUT2D eigenvalue weighted by atomic mass is 19.4. The quantitative estimate of drug-likeness (QED) is 0.829. The van der Waals surface area contributed by atoms with E-state index in [1.165, 1.54) is 37.4 Å². The number of benzene rings is 2. The Morgan fingerprint density at radius 2 is 1.81 bits per heavy atom. The number of hydrogen-bond donors (Lipinski definition) is 1. The van der Waals surface area contributed by atoms with E-state index < -0.39 is 30.0 Å². The van der Waals surface area contributed by atoms with E-state index in [1.807, 2.05) is 0 Å². The van der Waals surface area contributed by atoms with Gasteiger partial charge in [0, 0.05) is 0 Å². The second-order valence-corrected chi connectivity index (χ2v) is 5.86. The highest BCUT2D eigenvalue weighted by Gasteiger charge is 2.63. The molecule has 0 saturated carbocycles. The van der Waals surface area contributed by atoms with Gasteiger partial charge in [-0.05, 0) is 29.8 Å². The van der Waals surface area contributed by atoms with Crippen molar-refractivity contribution in [1.29, 1.82) is 0 Å². The standard InChI is InChI=1S/C18H14F4N2O3/c1-27-15-5-3-2-4-13(15)16(25)24-17(26,18(20,21)22)10-14(23-24)11-6-8-12(19)9-7-11/h2-9,26H,10H2,1H3/t17-/m1/s1. The minimum atomic E-state index is -5.17. The molecule has 142 valence electrons. The van der Waals surface area contributed by atoms with Crippen LogP contribution < -0.4 is 4.74 Å². The van der Waals surface area contributed by atoms with Gasteiger partial charge in [0.05, 0.1) is 24.8 Å². The first-order valence-electron chi connectivity index (χ1n) is 7.77. The molecule has 0 aliphatic carbocycles. The molecule has 0 spiro atoms. The summed E-state index contributed by atoms with van der Waals surface area (Å²) < 4.78 is 58.9. The highest BCUT2D eigenvalue weighted by Crippen LogP contribution is 2.42. The summed E-state index contributed by atoms with van der Waals surface area (Å²) in [6.45, 7) is 0. The van der Waals surface area contributed by atoms with Gasteiger partial charge < -0.3 is 9.84 Å². The van der Waals surface area contributed by atoms with Gasteiger partial charge in [0.2, 0.25) is 0 Å². The van der Waals surface area contributed by atoms with Crippen LogP contribution in [0.4, 0.5) is 17.6 Å². The van der Waals surface area contributed by atoms with E-state index in [4.69, 9.17) is 4.74 Å². The number of rotatable bonds is 3. The van der Waals surface area contributed by atoms with Crippen LogP contribution in [0.25, 0.3) is 0 Å². The Morgan fingerprint density at radius 3 is 2.41 bits per heavy atom. The topological polar surface area (TPSA) is 62.1 Å². The van der Waals surface area contributed by atoms with Crippen molar-refractivity contribution in [3.8, 4) is 5.75 Å². The fraction of sp³-hybridized carbons (Fsp3) is 0.222. The lowest BCUT2D eigenvalue weighted by Gasteiger charge is -2.32. The van der Waals surface area contributed by atoms with Crippen LogP contribution in [-0.2, 0) is 0 Å². The van der Waals surface area contributed by atoms with Gasteiger partial charge in [-0.15, -0.1) is 0 Å². The lowest BCUT2D eigenvalue weighted by Crippen LogP contribution is -2.56. The van der Waals surface area contributed by atoms with Gasteiger partial charge in [-0.2, -0.15) is 23.3 Å². The van der Waals surface area contributed by atoms with Crippen molar-refractivity contribution < 1.29 is 32.2 Å². The number of aliphatic hydroxyl groups is 1. The molecule has 1 amide bonds. The molecule has 1 aliphatic heterocycles. The third kappa shape index (κ3) is 3.25. The third-order valence-corrected chi connectivity index (χ3v) is 4.15. The summed E-state index contributed by atoms with van der Waals surface area (Å²) in [6.07, 6.45) is -6.15. The van der Waals surface area contributed by atoms with Crippen molar-refractivity contribution in [3.63, 3.8) is 0 Å². The van der Waals surface area contributed by atoms with Crippen molar-refractivity contribution >= 4 is 11.6 Å². The Hall–Kier alpha value is -2.94. The monoisotopic (exact) mass is 382 g/mol. The number of alkyl halides is 3. The molecule has 0 saturated heterocycles. The Morgan fingerprint density at radius 1 is 1.19 bits per heavy atom. The molecular weight excluding hydrogens is 368 g/mol. The first-order valence-corrected chi connectivity index (χ1v) is 7.77. The van der Waals surface area contributed by atoms with Crippen molar-refractivity contribution in [2.24, 2.45) is 5.10 Å². The van der Waals surface area contributed by atoms with Crippen molar-refractivity contribution in [3.05, 3.63) is 65.5 Å². The van der Waals surface area contributed by atoms with E-state index in [2.05, 4.69) is 5.10 Å². The summed E-state index contributed by atoms with van der Waals surface area (Å²) in [7, 11) is 1.26. The number of hydrogen-bond acceptors (Lipinski definition) is 4. The first kappa shape index (κ1) is 18.8. The van der Waals surface area contributed by atoms with Crippen LogP contribution in [0.2, 0.25) is 0 Å². The number of ether oxygens (including phenoxy) is 1. The Labute approximate surface area is 151 Å². The molecule has 0 aromatic heterocycles. The van der Waals surface area contributed by atoms with Crippen molar-refractivity contribution in [2.45, 2.75) is 18.3 Å². The summed E-state index contributed by atoms with van der Waals surface area (Å²) in [4.78, 5) is 12.7. The maximum Gasteiger partial charge on any atom is 0.438 e. The number of para-hydroxylation sites is 1. The molecule has 0 radical (unpaired) electrons. The summed E-state index contributed by atoms with van der Waals surface area (Å²) in [5.74, 6) is -1.72. The second kappa shape index (κ2) is 6.66. The van der Waals surface area contributed by atoms with E-state index in [9.17, 15) is 27.5 Å². The van der Waals surface area contributed by atoms with E-state index >= 15 is 0 Å². The highest BCUT2D eigenvalue weighted by molar-refractivity contribution is 6.06. The number of halogens is 4. The SMILES string of the molecule is COc1ccccc1C(=O)N1N=C(c2ccc(F)cc2)C[C@@]1(O)C(F)(F)F. The zero-order chi connectivity index (χ0) is 19.8. The number of amides is 1. The molecule has 1 N–H and O–H groups in total. The lowest BCUT2D eigenvalue weighted by molar-refractivity contribution is -0.297. The van der Waals surface area contributed by atoms with Gasteiger partial charge in [-0.25, -0.2) is 4.39 Å². The van der Waals surface area contributed by atoms with Gasteiger partial charge in [0.25, 0.3) is 11.6 Å². The van der Waals surface area contributed by atoms with Crippen molar-refractivity contribution in [1.82, 2.24) is 5.01 Å². The van der Waals surface area contributed by atoms with Crippen molar-refractivity contribution in [2.75, 3.05) is 7.11 Å². The minimum absolute atomic E-state index is 0.00352. The zero-order valence-electron chi connectivity index (χ0n) is 14.0. The molecular formula is C18H14F4N2O3. The van der Waals surface area contributed by atoms with Crippen LogP contribution in [0, 0.1) is 5.82 Å². The molecule has 9 heteroatoms. The first-order chi connectivity index (χ1) is 12.7. The molecule has 1 atom stereocenters. The van der Waals surface area contributed by atoms with E-state index in [-0.39, 0.29) is 27.6 Å². The summed E-state index contributed by atoms with van der Waals surface area (Å²) >= 11 is 0. The molecule has 0 unspecified atom stereocenters. The Kier molecular flexibility index (Phi) is 4.64. The van der Waals surface area contributed by atoms with Gasteiger partial charge in [0.1, 0.15) is 11.6 Å². The average molecular weight is 382 g/mol. The largest absolute Gasteiger partial charge is 0.496 e. The maximum absolute atomic E-state index is 13.6. The Balaban J connectivity index is 2.08. The van der Waals surface area contributed by atoms with E-state index in [0.717, 1.165) is 12.1 Å². The van der Waals surface area contributed by atoms with Crippen LogP contribution >= 0.6 is 0 Å². The molecule has 0 fully saturated rings. The maximum atomic E-state index is 13.6. The molecule has 1 aliphatic rings. The van der Waals surface area contributed by atoms with Gasteiger partial charge in [-0.3, -0.25) is 4.79 Å². The van der Waals surface area contributed by atoms with Gasteiger partial charge in [0.15, 0.2) is 0 Å². The molecule has 5 nitrogen and oxygen atoms in total. The number of carbonyl (C=O) groups is 1. The zero-order valence-corrected chi connectivity index (χ0v) is 14.0. The van der Waals surface area contributed by atoms with Crippen LogP contribution in [0.15, 0.2) is 53.6 Å². The predicted molar refractivity (Wildman–Crippen MR) is 87.7 cm³/mol. The fourth-order valence-corrected chi connectivity index (χ4v) is 2.72. The molecule has 2 aromatic carbocycles. The van der Waals surface area contributed by atoms with E-state index in [0.29, 0.717) is 0 Å². The third-order valence-electron chi connectivity index (χ3n) is 4.15. The van der Waals surface area contributed by atoms with E-state index in [1.54, 1.807) is 6.07 Å². The number of methoxy groups -OCH3 is 1. The van der Waals surface area contributed by atoms with Crippen LogP contribution in [0.3, 0.4) is 0 Å². The molecule has 0 bridgehead atoms.